The number of nitrogens with zero attached hydrogens (tertiary/aromatic N) is 4. The molecule has 0 unspecified atom stereocenters. The molecule has 122 valence electrons. The molecule has 0 saturated carbocycles. The van der Waals surface area contributed by atoms with Gasteiger partial charge in [-0.3, -0.25) is 10.1 Å². The third-order valence-electron chi connectivity index (χ3n) is 3.75. The molecule has 1 heterocycles. The largest absolute Gasteiger partial charge is 0.373 e. The monoisotopic (exact) mass is 314 g/mol. The Hall–Kier alpha value is -2.63. The van der Waals surface area contributed by atoms with E-state index in [4.69, 9.17) is 0 Å². The van der Waals surface area contributed by atoms with E-state index in [2.05, 4.69) is 33.8 Å². The van der Waals surface area contributed by atoms with Gasteiger partial charge in [-0.05, 0) is 43.7 Å². The fourth-order valence-electron chi connectivity index (χ4n) is 2.39. The Bertz CT molecular complexity index is 665. The van der Waals surface area contributed by atoms with Crippen LogP contribution in [0.4, 0.5) is 17.2 Å². The fourth-order valence-corrected chi connectivity index (χ4v) is 2.39. The maximum absolute atomic E-state index is 10.7. The number of benzene rings is 1. The number of pyridine rings is 1. The Morgan fingerprint density at radius 1 is 1.04 bits per heavy atom. The molecule has 2 aromatic rings. The predicted molar refractivity (Wildman–Crippen MR) is 93.3 cm³/mol. The van der Waals surface area contributed by atoms with Gasteiger partial charge in [0.2, 0.25) is 0 Å². The first-order chi connectivity index (χ1) is 10.9. The fraction of sp³-hybridized carbons (Fsp3) is 0.353. The molecule has 0 saturated heterocycles. The highest BCUT2D eigenvalue weighted by Gasteiger charge is 2.09. The van der Waals surface area contributed by atoms with E-state index in [0.717, 1.165) is 30.3 Å². The van der Waals surface area contributed by atoms with Crippen LogP contribution in [0.15, 0.2) is 36.4 Å². The highest BCUT2D eigenvalue weighted by molar-refractivity contribution is 5.50. The van der Waals surface area contributed by atoms with E-state index in [1.165, 1.54) is 17.7 Å². The van der Waals surface area contributed by atoms with Crippen LogP contribution in [0.25, 0.3) is 0 Å². The van der Waals surface area contributed by atoms with Crippen LogP contribution in [-0.4, -0.2) is 37.1 Å². The lowest BCUT2D eigenvalue weighted by Crippen LogP contribution is -2.31. The van der Waals surface area contributed by atoms with Crippen molar-refractivity contribution in [1.82, 2.24) is 4.98 Å². The van der Waals surface area contributed by atoms with Gasteiger partial charge in [0.1, 0.15) is 5.82 Å². The zero-order valence-electron chi connectivity index (χ0n) is 14.0. The van der Waals surface area contributed by atoms with Crippen molar-refractivity contribution < 1.29 is 4.92 Å². The van der Waals surface area contributed by atoms with Crippen molar-refractivity contribution in [3.63, 3.8) is 0 Å². The lowest BCUT2D eigenvalue weighted by molar-refractivity contribution is -0.384. The van der Waals surface area contributed by atoms with Crippen LogP contribution in [0.3, 0.4) is 0 Å². The lowest BCUT2D eigenvalue weighted by Gasteiger charge is -2.24. The zero-order chi connectivity index (χ0) is 17.0. The van der Waals surface area contributed by atoms with E-state index in [1.807, 2.05) is 21.0 Å². The molecule has 6 nitrogen and oxygen atoms in total. The van der Waals surface area contributed by atoms with Crippen molar-refractivity contribution in [2.75, 3.05) is 37.0 Å². The Morgan fingerprint density at radius 2 is 1.65 bits per heavy atom. The van der Waals surface area contributed by atoms with Gasteiger partial charge in [0, 0.05) is 50.7 Å². The van der Waals surface area contributed by atoms with Gasteiger partial charge in [-0.25, -0.2) is 4.98 Å². The van der Waals surface area contributed by atoms with Crippen molar-refractivity contribution in [1.29, 1.82) is 0 Å². The molecule has 0 fully saturated rings. The molecule has 0 N–H and O–H groups in total. The van der Waals surface area contributed by atoms with Gasteiger partial charge in [0.05, 0.1) is 4.92 Å². The normalized spacial score (nSPS) is 10.4. The number of nitro benzene ring substituents is 1. The molecule has 0 aliphatic heterocycles. The van der Waals surface area contributed by atoms with Crippen LogP contribution in [0.1, 0.15) is 11.3 Å². The van der Waals surface area contributed by atoms with Crippen molar-refractivity contribution >= 4 is 17.2 Å². The summed E-state index contributed by atoms with van der Waals surface area (Å²) in [6, 6.07) is 10.7. The molecule has 0 atom stereocenters. The van der Waals surface area contributed by atoms with Crippen LogP contribution in [0.2, 0.25) is 0 Å². The van der Waals surface area contributed by atoms with Gasteiger partial charge in [0.25, 0.3) is 5.69 Å². The maximum Gasteiger partial charge on any atom is 0.269 e. The molecule has 1 aromatic carbocycles. The van der Waals surface area contributed by atoms with E-state index in [1.54, 1.807) is 12.1 Å². The van der Waals surface area contributed by atoms with Crippen LogP contribution in [-0.2, 0) is 0 Å². The molecule has 0 bridgehead atoms. The first-order valence-electron chi connectivity index (χ1n) is 7.49. The van der Waals surface area contributed by atoms with E-state index in [0.29, 0.717) is 0 Å². The molecular weight excluding hydrogens is 292 g/mol. The Labute approximate surface area is 136 Å². The second kappa shape index (κ2) is 7.09. The molecule has 1 aromatic heterocycles. The third-order valence-corrected chi connectivity index (χ3v) is 3.75. The quantitative estimate of drug-likeness (QED) is 0.605. The van der Waals surface area contributed by atoms with Crippen LogP contribution in [0, 0.1) is 24.0 Å². The molecule has 0 aliphatic carbocycles. The zero-order valence-corrected chi connectivity index (χ0v) is 14.0. The molecule has 0 radical (unpaired) electrons. The second-order valence-corrected chi connectivity index (χ2v) is 5.76. The van der Waals surface area contributed by atoms with Crippen molar-refractivity contribution in [3.05, 3.63) is 57.8 Å². The Morgan fingerprint density at radius 3 is 2.22 bits per heavy atom. The standard InChI is InChI=1S/C17H22N4O2/c1-13-11-14(2)18-17(12-13)20(4)10-9-19(3)15-5-7-16(8-6-15)21(22)23/h5-8,11-12H,9-10H2,1-4H3. The highest BCUT2D eigenvalue weighted by atomic mass is 16.6. The first-order valence-corrected chi connectivity index (χ1v) is 7.49. The Balaban J connectivity index is 1.97. The predicted octanol–water partition coefficient (Wildman–Crippen LogP) is 3.18. The topological polar surface area (TPSA) is 62.5 Å². The van der Waals surface area contributed by atoms with E-state index in [-0.39, 0.29) is 10.6 Å². The van der Waals surface area contributed by atoms with Gasteiger partial charge < -0.3 is 9.80 Å². The number of nitro groups is 1. The summed E-state index contributed by atoms with van der Waals surface area (Å²) in [7, 11) is 3.99. The first kappa shape index (κ1) is 16.7. The molecule has 23 heavy (non-hydrogen) atoms. The van der Waals surface area contributed by atoms with Crippen molar-refractivity contribution in [3.8, 4) is 0 Å². The minimum absolute atomic E-state index is 0.110. The summed E-state index contributed by atoms with van der Waals surface area (Å²) in [5.41, 5.74) is 3.27. The van der Waals surface area contributed by atoms with Crippen LogP contribution in [0.5, 0.6) is 0 Å². The molecule has 0 amide bonds. The number of non-ortho nitro benzene ring substituents is 1. The summed E-state index contributed by atoms with van der Waals surface area (Å²) in [4.78, 5) is 19.0. The van der Waals surface area contributed by atoms with E-state index < -0.39 is 0 Å². The number of likely N-dealkylation sites (N-methyl/N-ethyl adjacent to an activating group) is 2. The summed E-state index contributed by atoms with van der Waals surface area (Å²) in [6.07, 6.45) is 0. The van der Waals surface area contributed by atoms with Gasteiger partial charge in [-0.15, -0.1) is 0 Å². The summed E-state index contributed by atoms with van der Waals surface area (Å²) in [5, 5.41) is 10.7. The number of aryl methyl sites for hydroxylation is 2. The number of rotatable bonds is 6. The summed E-state index contributed by atoms with van der Waals surface area (Å²) in [6.45, 7) is 5.66. The minimum Gasteiger partial charge on any atom is -0.373 e. The van der Waals surface area contributed by atoms with Gasteiger partial charge in [-0.2, -0.15) is 0 Å². The van der Waals surface area contributed by atoms with Crippen molar-refractivity contribution in [2.45, 2.75) is 13.8 Å². The number of hydrogen-bond acceptors (Lipinski definition) is 5. The number of anilines is 2. The van der Waals surface area contributed by atoms with E-state index in [9.17, 15) is 10.1 Å². The molecule has 0 aliphatic rings. The minimum atomic E-state index is -0.386. The van der Waals surface area contributed by atoms with Crippen LogP contribution < -0.4 is 9.80 Å². The maximum atomic E-state index is 10.7. The molecular formula is C17H22N4O2. The Kier molecular flexibility index (Phi) is 5.16. The van der Waals surface area contributed by atoms with Gasteiger partial charge in [-0.1, -0.05) is 0 Å². The number of hydrogen-bond donors (Lipinski definition) is 0. The van der Waals surface area contributed by atoms with Crippen molar-refractivity contribution in [2.24, 2.45) is 0 Å². The summed E-state index contributed by atoms with van der Waals surface area (Å²) >= 11 is 0. The lowest BCUT2D eigenvalue weighted by atomic mass is 10.2. The summed E-state index contributed by atoms with van der Waals surface area (Å²) in [5.74, 6) is 0.958. The van der Waals surface area contributed by atoms with Gasteiger partial charge in [0.15, 0.2) is 0 Å². The SMILES string of the molecule is Cc1cc(C)nc(N(C)CCN(C)c2ccc([N+](=O)[O-])cc2)c1. The summed E-state index contributed by atoms with van der Waals surface area (Å²) < 4.78 is 0. The molecule has 6 heteroatoms. The van der Waals surface area contributed by atoms with E-state index >= 15 is 0 Å². The average Bonchev–Trinajstić information content (AvgIpc) is 2.51. The molecule has 2 rings (SSSR count). The average molecular weight is 314 g/mol. The second-order valence-electron chi connectivity index (χ2n) is 5.76. The number of aromatic nitrogens is 1. The molecule has 0 spiro atoms. The highest BCUT2D eigenvalue weighted by Crippen LogP contribution is 2.18. The van der Waals surface area contributed by atoms with Crippen LogP contribution >= 0.6 is 0 Å². The van der Waals surface area contributed by atoms with Gasteiger partial charge >= 0.3 is 0 Å². The third kappa shape index (κ3) is 4.42. The smallest absolute Gasteiger partial charge is 0.269 e.